The number of nitrogens with zero attached hydrogens (tertiary/aromatic N) is 2. The van der Waals surface area contributed by atoms with Crippen LogP contribution in [0.4, 0.5) is 0 Å². The maximum atomic E-state index is 9.61. The molecule has 2 rings (SSSR count). The minimum absolute atomic E-state index is 0.181. The van der Waals surface area contributed by atoms with E-state index < -0.39 is 0 Å². The van der Waals surface area contributed by atoms with E-state index in [1.807, 2.05) is 12.1 Å². The molecule has 1 heterocycles. The molecule has 1 fully saturated rings. The number of piperazine rings is 1. The van der Waals surface area contributed by atoms with Crippen molar-refractivity contribution in [1.29, 1.82) is 0 Å². The van der Waals surface area contributed by atoms with Crippen LogP contribution in [0.5, 0.6) is 11.5 Å². The van der Waals surface area contributed by atoms with Gasteiger partial charge in [-0.15, -0.1) is 0 Å². The lowest BCUT2D eigenvalue weighted by atomic mass is 10.1. The first kappa shape index (κ1) is 14.1. The van der Waals surface area contributed by atoms with Crippen LogP contribution in [-0.2, 0) is 6.54 Å². The number of phenols is 1. The molecule has 1 saturated heterocycles. The van der Waals surface area contributed by atoms with Crippen molar-refractivity contribution in [2.24, 2.45) is 5.73 Å². The monoisotopic (exact) mass is 265 g/mol. The highest BCUT2D eigenvalue weighted by atomic mass is 16.5. The van der Waals surface area contributed by atoms with Gasteiger partial charge in [-0.1, -0.05) is 6.07 Å². The molecular weight excluding hydrogens is 242 g/mol. The molecule has 0 radical (unpaired) electrons. The summed E-state index contributed by atoms with van der Waals surface area (Å²) >= 11 is 0. The first-order valence-corrected chi connectivity index (χ1v) is 6.62. The molecule has 1 aromatic carbocycles. The van der Waals surface area contributed by atoms with Gasteiger partial charge in [0.05, 0.1) is 7.11 Å². The van der Waals surface area contributed by atoms with Crippen LogP contribution < -0.4 is 10.5 Å². The Labute approximate surface area is 114 Å². The highest BCUT2D eigenvalue weighted by Crippen LogP contribution is 2.27. The number of hydrogen-bond acceptors (Lipinski definition) is 5. The molecule has 0 bridgehead atoms. The summed E-state index contributed by atoms with van der Waals surface area (Å²) in [5.41, 5.74) is 6.99. The van der Waals surface area contributed by atoms with Gasteiger partial charge in [-0.05, 0) is 24.7 Å². The molecule has 1 unspecified atom stereocenters. The van der Waals surface area contributed by atoms with E-state index in [0.29, 0.717) is 18.3 Å². The maximum absolute atomic E-state index is 9.61. The summed E-state index contributed by atoms with van der Waals surface area (Å²) in [7, 11) is 3.70. The fourth-order valence-corrected chi connectivity index (χ4v) is 2.53. The minimum Gasteiger partial charge on any atom is -0.504 e. The average molecular weight is 265 g/mol. The number of nitrogens with two attached hydrogens (primary N) is 1. The third kappa shape index (κ3) is 3.37. The molecular formula is C14H23N3O2. The van der Waals surface area contributed by atoms with E-state index >= 15 is 0 Å². The van der Waals surface area contributed by atoms with Crippen LogP contribution in [0.2, 0.25) is 0 Å². The van der Waals surface area contributed by atoms with Crippen LogP contribution in [0.1, 0.15) is 5.56 Å². The Morgan fingerprint density at radius 2 is 2.21 bits per heavy atom. The third-order valence-electron chi connectivity index (χ3n) is 3.71. The third-order valence-corrected chi connectivity index (χ3v) is 3.71. The van der Waals surface area contributed by atoms with Crippen molar-refractivity contribution in [3.05, 3.63) is 23.8 Å². The molecule has 1 aliphatic rings. The standard InChI is InChI=1S/C14H23N3O2/c1-16-5-6-17(12(8-15)10-16)9-11-3-4-13(18)14(7-11)19-2/h3-4,7,12,18H,5-6,8-10,15H2,1-2H3. The lowest BCUT2D eigenvalue weighted by Gasteiger charge is -2.39. The Morgan fingerprint density at radius 3 is 2.89 bits per heavy atom. The molecule has 3 N–H and O–H groups in total. The van der Waals surface area contributed by atoms with Gasteiger partial charge in [-0.3, -0.25) is 4.90 Å². The summed E-state index contributed by atoms with van der Waals surface area (Å²) in [6.45, 7) is 4.59. The molecule has 19 heavy (non-hydrogen) atoms. The Kier molecular flexibility index (Phi) is 4.63. The van der Waals surface area contributed by atoms with Crippen LogP contribution in [0, 0.1) is 0 Å². The number of ether oxygens (including phenoxy) is 1. The van der Waals surface area contributed by atoms with Crippen molar-refractivity contribution in [2.45, 2.75) is 12.6 Å². The summed E-state index contributed by atoms with van der Waals surface area (Å²) in [5.74, 6) is 0.705. The van der Waals surface area contributed by atoms with Crippen LogP contribution in [0.25, 0.3) is 0 Å². The molecule has 1 aromatic rings. The van der Waals surface area contributed by atoms with Gasteiger partial charge in [0.2, 0.25) is 0 Å². The first-order chi connectivity index (χ1) is 9.13. The topological polar surface area (TPSA) is 62.0 Å². The predicted octanol–water partition coefficient (Wildman–Crippen LogP) is 0.476. The summed E-state index contributed by atoms with van der Waals surface area (Å²) in [4.78, 5) is 4.71. The lowest BCUT2D eigenvalue weighted by molar-refractivity contribution is 0.0880. The minimum atomic E-state index is 0.181. The fourth-order valence-electron chi connectivity index (χ4n) is 2.53. The SMILES string of the molecule is COc1cc(CN2CCN(C)CC2CN)ccc1O. The van der Waals surface area contributed by atoms with Crippen molar-refractivity contribution in [3.63, 3.8) is 0 Å². The van der Waals surface area contributed by atoms with Crippen molar-refractivity contribution in [3.8, 4) is 11.5 Å². The summed E-state index contributed by atoms with van der Waals surface area (Å²) in [5, 5.41) is 9.61. The van der Waals surface area contributed by atoms with E-state index in [9.17, 15) is 5.11 Å². The number of likely N-dealkylation sites (N-methyl/N-ethyl adjacent to an activating group) is 1. The van der Waals surface area contributed by atoms with Gasteiger partial charge in [-0.2, -0.15) is 0 Å². The highest BCUT2D eigenvalue weighted by Gasteiger charge is 2.24. The highest BCUT2D eigenvalue weighted by molar-refractivity contribution is 5.41. The average Bonchev–Trinajstić information content (AvgIpc) is 2.42. The molecule has 0 aromatic heterocycles. The van der Waals surface area contributed by atoms with Crippen molar-refractivity contribution < 1.29 is 9.84 Å². The van der Waals surface area contributed by atoms with Gasteiger partial charge in [-0.25, -0.2) is 0 Å². The maximum Gasteiger partial charge on any atom is 0.160 e. The second kappa shape index (κ2) is 6.23. The fraction of sp³-hybridized carbons (Fsp3) is 0.571. The molecule has 5 nitrogen and oxygen atoms in total. The van der Waals surface area contributed by atoms with Crippen molar-refractivity contribution in [2.75, 3.05) is 40.3 Å². The second-order valence-electron chi connectivity index (χ2n) is 5.13. The number of phenolic OH excluding ortho intramolecular Hbond substituents is 1. The van der Waals surface area contributed by atoms with Crippen LogP contribution >= 0.6 is 0 Å². The van der Waals surface area contributed by atoms with Gasteiger partial charge in [0.1, 0.15) is 0 Å². The Balaban J connectivity index is 2.07. The predicted molar refractivity (Wildman–Crippen MR) is 75.4 cm³/mol. The van der Waals surface area contributed by atoms with E-state index in [1.54, 1.807) is 13.2 Å². The zero-order chi connectivity index (χ0) is 13.8. The summed E-state index contributed by atoms with van der Waals surface area (Å²) in [6.07, 6.45) is 0. The van der Waals surface area contributed by atoms with Crippen molar-refractivity contribution >= 4 is 0 Å². The number of hydrogen-bond donors (Lipinski definition) is 2. The molecule has 0 amide bonds. The summed E-state index contributed by atoms with van der Waals surface area (Å²) < 4.78 is 5.14. The van der Waals surface area contributed by atoms with Crippen LogP contribution in [0.15, 0.2) is 18.2 Å². The summed E-state index contributed by atoms with van der Waals surface area (Å²) in [6, 6.07) is 5.89. The van der Waals surface area contributed by atoms with E-state index in [0.717, 1.165) is 31.7 Å². The van der Waals surface area contributed by atoms with Gasteiger partial charge in [0, 0.05) is 38.8 Å². The van der Waals surface area contributed by atoms with Crippen LogP contribution in [-0.4, -0.2) is 61.3 Å². The van der Waals surface area contributed by atoms with E-state index in [2.05, 4.69) is 16.8 Å². The number of benzene rings is 1. The molecule has 0 spiro atoms. The number of methoxy groups -OCH3 is 1. The molecule has 0 saturated carbocycles. The normalized spacial score (nSPS) is 21.5. The smallest absolute Gasteiger partial charge is 0.160 e. The lowest BCUT2D eigenvalue weighted by Crippen LogP contribution is -2.54. The largest absolute Gasteiger partial charge is 0.504 e. The van der Waals surface area contributed by atoms with E-state index in [1.165, 1.54) is 0 Å². The van der Waals surface area contributed by atoms with Gasteiger partial charge >= 0.3 is 0 Å². The number of aromatic hydroxyl groups is 1. The zero-order valence-electron chi connectivity index (χ0n) is 11.7. The molecule has 1 atom stereocenters. The van der Waals surface area contributed by atoms with Gasteiger partial charge in [0.25, 0.3) is 0 Å². The van der Waals surface area contributed by atoms with Crippen LogP contribution in [0.3, 0.4) is 0 Å². The Hall–Kier alpha value is -1.30. The van der Waals surface area contributed by atoms with E-state index in [4.69, 9.17) is 10.5 Å². The quantitative estimate of drug-likeness (QED) is 0.829. The van der Waals surface area contributed by atoms with Crippen molar-refractivity contribution in [1.82, 2.24) is 9.80 Å². The van der Waals surface area contributed by atoms with E-state index in [-0.39, 0.29) is 5.75 Å². The zero-order valence-corrected chi connectivity index (χ0v) is 11.7. The first-order valence-electron chi connectivity index (χ1n) is 6.62. The number of rotatable bonds is 4. The molecule has 0 aliphatic carbocycles. The van der Waals surface area contributed by atoms with Gasteiger partial charge < -0.3 is 20.5 Å². The van der Waals surface area contributed by atoms with Gasteiger partial charge in [0.15, 0.2) is 11.5 Å². The Morgan fingerprint density at radius 1 is 1.42 bits per heavy atom. The second-order valence-corrected chi connectivity index (χ2v) is 5.13. The Bertz CT molecular complexity index is 425. The molecule has 5 heteroatoms. The molecule has 1 aliphatic heterocycles. The molecule has 106 valence electrons.